The van der Waals surface area contributed by atoms with Crippen LogP contribution in [0.5, 0.6) is 5.75 Å². The maximum absolute atomic E-state index is 8.85. The van der Waals surface area contributed by atoms with Crippen molar-refractivity contribution in [3.05, 3.63) is 120 Å². The highest BCUT2D eigenvalue weighted by Crippen LogP contribution is 2.17. The number of fused-ring (bicyclic) bond motifs is 1. The van der Waals surface area contributed by atoms with E-state index in [1.807, 2.05) is 24.4 Å². The summed E-state index contributed by atoms with van der Waals surface area (Å²) in [5, 5.41) is 10.2. The Kier molecular flexibility index (Phi) is 23.8. The van der Waals surface area contributed by atoms with Gasteiger partial charge in [-0.25, -0.2) is 4.98 Å². The van der Waals surface area contributed by atoms with Gasteiger partial charge in [-0.3, -0.25) is 0 Å². The lowest BCUT2D eigenvalue weighted by molar-refractivity contribution is 0.475. The van der Waals surface area contributed by atoms with Gasteiger partial charge in [-0.1, -0.05) is 118 Å². The zero-order valence-corrected chi connectivity index (χ0v) is 21.5. The van der Waals surface area contributed by atoms with Gasteiger partial charge in [0.15, 0.2) is 0 Å². The lowest BCUT2D eigenvalue weighted by Gasteiger charge is -1.93. The molecule has 3 N–H and O–H groups in total. The van der Waals surface area contributed by atoms with Gasteiger partial charge in [-0.05, 0) is 60.6 Å². The van der Waals surface area contributed by atoms with E-state index in [1.165, 1.54) is 33.3 Å². The third-order valence-corrected chi connectivity index (χ3v) is 5.59. The number of aromatic amines is 2. The number of aromatic nitrogens is 3. The molecule has 39 heavy (non-hydrogen) atoms. The van der Waals surface area contributed by atoms with Gasteiger partial charge in [0.1, 0.15) is 5.75 Å². The summed E-state index contributed by atoms with van der Waals surface area (Å²) < 4.78 is 0. The van der Waals surface area contributed by atoms with Gasteiger partial charge < -0.3 is 15.1 Å². The molecule has 5 aromatic rings. The SMILES string of the molecule is C.C.C.C.CCc1c[nH]c2ccccc12.CCc1ccc(O)cc1.CCc1ccccc1.CCc1cnc[nH]1. The van der Waals surface area contributed by atoms with Crippen molar-refractivity contribution in [2.24, 2.45) is 0 Å². The second-order valence-corrected chi connectivity index (χ2v) is 8.00. The van der Waals surface area contributed by atoms with Crippen molar-refractivity contribution < 1.29 is 5.11 Å². The maximum atomic E-state index is 8.85. The van der Waals surface area contributed by atoms with Gasteiger partial charge in [-0.15, -0.1) is 0 Å². The number of aryl methyl sites for hydroxylation is 4. The van der Waals surface area contributed by atoms with E-state index >= 15 is 0 Å². The fourth-order valence-electron chi connectivity index (χ4n) is 3.35. The summed E-state index contributed by atoms with van der Waals surface area (Å²) in [6, 6.07) is 26.1. The first kappa shape index (κ1) is 39.7. The van der Waals surface area contributed by atoms with Crippen LogP contribution in [0.4, 0.5) is 0 Å². The normalized spacial score (nSPS) is 8.72. The molecule has 0 aliphatic rings. The molecule has 0 aliphatic heterocycles. The van der Waals surface area contributed by atoms with Gasteiger partial charge in [-0.2, -0.15) is 0 Å². The van der Waals surface area contributed by atoms with Crippen LogP contribution < -0.4 is 0 Å². The molecule has 2 aromatic heterocycles. The minimum absolute atomic E-state index is 0. The molecule has 5 rings (SSSR count). The van der Waals surface area contributed by atoms with Gasteiger partial charge in [0.2, 0.25) is 0 Å². The zero-order chi connectivity index (χ0) is 25.3. The number of para-hydroxylation sites is 1. The molecule has 4 heteroatoms. The molecule has 0 fully saturated rings. The second-order valence-electron chi connectivity index (χ2n) is 8.00. The smallest absolute Gasteiger partial charge is 0.115 e. The molecule has 0 aliphatic carbocycles. The number of H-pyrrole nitrogens is 2. The van der Waals surface area contributed by atoms with Crippen LogP contribution in [0.3, 0.4) is 0 Å². The molecular formula is C35H55N3O. The first-order chi connectivity index (χ1) is 17.1. The van der Waals surface area contributed by atoms with E-state index < -0.39 is 0 Å². The highest BCUT2D eigenvalue weighted by atomic mass is 16.3. The summed E-state index contributed by atoms with van der Waals surface area (Å²) in [5.74, 6) is 0.340. The minimum Gasteiger partial charge on any atom is -0.508 e. The van der Waals surface area contributed by atoms with Crippen molar-refractivity contribution in [3.8, 4) is 5.75 Å². The van der Waals surface area contributed by atoms with Crippen molar-refractivity contribution in [1.29, 1.82) is 0 Å². The number of aromatic hydroxyl groups is 1. The molecule has 0 saturated carbocycles. The Balaban J connectivity index is -0.000000434. The second kappa shape index (κ2) is 23.3. The Bertz CT molecular complexity index is 1180. The van der Waals surface area contributed by atoms with E-state index in [-0.39, 0.29) is 29.7 Å². The van der Waals surface area contributed by atoms with Crippen LogP contribution in [0.25, 0.3) is 10.9 Å². The van der Waals surface area contributed by atoms with Crippen LogP contribution in [0.1, 0.15) is 79.8 Å². The van der Waals surface area contributed by atoms with E-state index in [0.29, 0.717) is 5.75 Å². The van der Waals surface area contributed by atoms with Crippen molar-refractivity contribution in [3.63, 3.8) is 0 Å². The van der Waals surface area contributed by atoms with Gasteiger partial charge >= 0.3 is 0 Å². The summed E-state index contributed by atoms with van der Waals surface area (Å²) >= 11 is 0. The highest BCUT2D eigenvalue weighted by Gasteiger charge is 1.98. The van der Waals surface area contributed by atoms with Crippen LogP contribution in [0.2, 0.25) is 0 Å². The molecule has 216 valence electrons. The predicted octanol–water partition coefficient (Wildman–Crippen LogP) is 10.5. The molecule has 0 amide bonds. The average Bonchev–Trinajstić information content (AvgIpc) is 3.61. The van der Waals surface area contributed by atoms with Crippen LogP contribution >= 0.6 is 0 Å². The summed E-state index contributed by atoms with van der Waals surface area (Å²) in [6.07, 6.45) is 9.93. The number of hydrogen-bond donors (Lipinski definition) is 3. The summed E-state index contributed by atoms with van der Waals surface area (Å²) in [4.78, 5) is 10.1. The highest BCUT2D eigenvalue weighted by molar-refractivity contribution is 5.82. The number of rotatable bonds is 4. The molecule has 0 atom stereocenters. The van der Waals surface area contributed by atoms with Gasteiger partial charge in [0, 0.05) is 29.0 Å². The topological polar surface area (TPSA) is 64.7 Å². The molecule has 2 heterocycles. The van der Waals surface area contributed by atoms with E-state index in [1.54, 1.807) is 18.5 Å². The Hall–Kier alpha value is -3.79. The fraction of sp³-hybridized carbons (Fsp3) is 0.343. The van der Waals surface area contributed by atoms with Crippen LogP contribution in [-0.2, 0) is 25.7 Å². The van der Waals surface area contributed by atoms with Crippen molar-refractivity contribution in [1.82, 2.24) is 15.0 Å². The molecular weight excluding hydrogens is 478 g/mol. The number of phenolic OH excluding ortho intramolecular Hbond substituents is 1. The molecule has 4 nitrogen and oxygen atoms in total. The number of benzene rings is 3. The van der Waals surface area contributed by atoms with Gasteiger partial charge in [0.25, 0.3) is 0 Å². The van der Waals surface area contributed by atoms with E-state index in [2.05, 4.69) is 97.4 Å². The third kappa shape index (κ3) is 14.7. The lowest BCUT2D eigenvalue weighted by Crippen LogP contribution is -1.75. The Morgan fingerprint density at radius 2 is 1.18 bits per heavy atom. The molecule has 0 bridgehead atoms. The number of nitrogens with zero attached hydrogens (tertiary/aromatic N) is 1. The first-order valence-corrected chi connectivity index (χ1v) is 12.4. The first-order valence-electron chi connectivity index (χ1n) is 12.4. The molecule has 0 saturated heterocycles. The summed E-state index contributed by atoms with van der Waals surface area (Å²) in [5.41, 5.74) is 6.50. The largest absolute Gasteiger partial charge is 0.508 e. The molecule has 0 spiro atoms. The van der Waals surface area contributed by atoms with Crippen LogP contribution in [0.15, 0.2) is 97.6 Å². The molecule has 0 radical (unpaired) electrons. The number of nitrogens with one attached hydrogen (secondary N) is 2. The van der Waals surface area contributed by atoms with E-state index in [0.717, 1.165) is 25.7 Å². The Labute approximate surface area is 239 Å². The Morgan fingerprint density at radius 1 is 0.615 bits per heavy atom. The summed E-state index contributed by atoms with van der Waals surface area (Å²) in [6.45, 7) is 8.52. The summed E-state index contributed by atoms with van der Waals surface area (Å²) in [7, 11) is 0. The number of phenols is 1. The Morgan fingerprint density at radius 3 is 1.64 bits per heavy atom. The quantitative estimate of drug-likeness (QED) is 0.215. The molecule has 3 aromatic carbocycles. The van der Waals surface area contributed by atoms with Crippen molar-refractivity contribution in [2.75, 3.05) is 0 Å². The van der Waals surface area contributed by atoms with Crippen molar-refractivity contribution >= 4 is 10.9 Å². The van der Waals surface area contributed by atoms with Crippen LogP contribution in [0, 0.1) is 0 Å². The zero-order valence-electron chi connectivity index (χ0n) is 21.5. The predicted molar refractivity (Wildman–Crippen MR) is 176 cm³/mol. The van der Waals surface area contributed by atoms with Crippen molar-refractivity contribution in [2.45, 2.75) is 83.1 Å². The monoisotopic (exact) mass is 533 g/mol. The maximum Gasteiger partial charge on any atom is 0.115 e. The minimum atomic E-state index is 0. The number of imidazole rings is 1. The van der Waals surface area contributed by atoms with Gasteiger partial charge in [0.05, 0.1) is 6.33 Å². The van der Waals surface area contributed by atoms with Crippen LogP contribution in [-0.4, -0.2) is 20.1 Å². The molecule has 0 unspecified atom stereocenters. The van der Waals surface area contributed by atoms with E-state index in [9.17, 15) is 0 Å². The van der Waals surface area contributed by atoms with E-state index in [4.69, 9.17) is 5.11 Å². The standard InChI is InChI=1S/C10H11N.C8H10O.C8H10.C5H8N2.4CH4/c1-2-8-7-11-10-6-4-3-5-9(8)10;1-2-7-3-5-8(9)6-4-7;1-2-8-6-4-3-5-7-8;1-2-5-3-6-4-7-5;;;;/h3-7,11H,2H2,1H3;3-6,9H,2H2,1H3;3-7H,2H2,1H3;3-4H,2H2,1H3,(H,6,7);4*1H4. The average molecular weight is 534 g/mol. The number of hydrogen-bond acceptors (Lipinski definition) is 2. The lowest BCUT2D eigenvalue weighted by atomic mass is 10.1. The fourth-order valence-corrected chi connectivity index (χ4v) is 3.35. The third-order valence-electron chi connectivity index (χ3n) is 5.59.